The normalized spacial score (nSPS) is 11.9. The molecule has 0 radical (unpaired) electrons. The largest absolute Gasteiger partial charge is 0.492 e. The van der Waals surface area contributed by atoms with E-state index in [1.165, 1.54) is 6.20 Å². The van der Waals surface area contributed by atoms with Crippen LogP contribution in [-0.4, -0.2) is 45.5 Å². The number of nitrogen functional groups attached to an aromatic ring is 1. The Morgan fingerprint density at radius 3 is 2.73 bits per heavy atom. The summed E-state index contributed by atoms with van der Waals surface area (Å²) in [6, 6.07) is 9.19. The van der Waals surface area contributed by atoms with Gasteiger partial charge in [-0.15, -0.1) is 0 Å². The molecule has 4 rings (SSSR count). The molecule has 1 aromatic heterocycles. The van der Waals surface area contributed by atoms with Crippen LogP contribution in [0.3, 0.4) is 0 Å². The monoisotopic (exact) mass is 353 g/mol. The topological polar surface area (TPSA) is 139 Å². The van der Waals surface area contributed by atoms with Crippen molar-refractivity contribution in [3.05, 3.63) is 42.1 Å². The van der Waals surface area contributed by atoms with Gasteiger partial charge in [0.15, 0.2) is 0 Å². The molecule has 2 heterocycles. The molecular weight excluding hydrogens is 337 g/mol. The predicted molar refractivity (Wildman–Crippen MR) is 97.1 cm³/mol. The Hall–Kier alpha value is -3.17. The van der Waals surface area contributed by atoms with E-state index in [0.29, 0.717) is 23.3 Å². The Morgan fingerprint density at radius 2 is 2.00 bits per heavy atom. The number of hydrogen-bond donors (Lipinski definition) is 4. The highest BCUT2D eigenvalue weighted by molar-refractivity contribution is 6.58. The number of carboxylic acid groups (broad SMARTS) is 1. The van der Waals surface area contributed by atoms with Gasteiger partial charge in [0.05, 0.1) is 24.0 Å². The highest BCUT2D eigenvalue weighted by atomic mass is 16.5. The van der Waals surface area contributed by atoms with Gasteiger partial charge < -0.3 is 25.6 Å². The number of nitrogens with two attached hydrogens (primary N) is 1. The molecule has 1 aliphatic heterocycles. The van der Waals surface area contributed by atoms with Crippen LogP contribution < -0.4 is 15.9 Å². The standard InChI is InChI=1S/C16H14BN3O3.CH2O2/c18-14-8-19-20-15-6-9(1-2-12(14)15)13-7-11(17(21)22)5-10-3-4-23-16(10)13;2-1-3/h1-2,5-8,21-22H,3-4H2,(H2,18,20);1H,(H,2,3). The maximum Gasteiger partial charge on any atom is 0.488 e. The van der Waals surface area contributed by atoms with Crippen LogP contribution in [0.2, 0.25) is 0 Å². The second-order valence-corrected chi connectivity index (χ2v) is 5.67. The summed E-state index contributed by atoms with van der Waals surface area (Å²) in [5.41, 5.74) is 10.3. The number of carbonyl (C=O) groups is 1. The minimum absolute atomic E-state index is 0.250. The van der Waals surface area contributed by atoms with E-state index in [1.807, 2.05) is 18.2 Å². The van der Waals surface area contributed by atoms with E-state index < -0.39 is 7.12 Å². The van der Waals surface area contributed by atoms with Gasteiger partial charge in [0.1, 0.15) is 5.75 Å². The van der Waals surface area contributed by atoms with E-state index in [9.17, 15) is 10.0 Å². The van der Waals surface area contributed by atoms with Gasteiger partial charge in [-0.1, -0.05) is 18.2 Å². The maximum absolute atomic E-state index is 9.51. The first-order valence-corrected chi connectivity index (χ1v) is 7.80. The summed E-state index contributed by atoms with van der Waals surface area (Å²) in [6.45, 7) is 0.341. The van der Waals surface area contributed by atoms with Crippen LogP contribution >= 0.6 is 0 Å². The molecule has 0 unspecified atom stereocenters. The van der Waals surface area contributed by atoms with Crippen molar-refractivity contribution < 1.29 is 24.7 Å². The smallest absolute Gasteiger partial charge is 0.488 e. The van der Waals surface area contributed by atoms with Crippen molar-refractivity contribution in [3.8, 4) is 16.9 Å². The molecule has 8 nitrogen and oxygen atoms in total. The van der Waals surface area contributed by atoms with Gasteiger partial charge in [-0.25, -0.2) is 0 Å². The summed E-state index contributed by atoms with van der Waals surface area (Å²) in [6.07, 6.45) is 2.27. The SMILES string of the molecule is Nc1cnnc2cc(-c3cc(B(O)O)cc4c3OCC4)ccc12.O=CO. The summed E-state index contributed by atoms with van der Waals surface area (Å²) in [4.78, 5) is 8.36. The van der Waals surface area contributed by atoms with E-state index >= 15 is 0 Å². The number of anilines is 1. The molecule has 0 amide bonds. The summed E-state index contributed by atoms with van der Waals surface area (Å²) in [7, 11) is -1.52. The fourth-order valence-corrected chi connectivity index (χ4v) is 2.95. The van der Waals surface area contributed by atoms with E-state index in [2.05, 4.69) is 10.2 Å². The lowest BCUT2D eigenvalue weighted by Crippen LogP contribution is -2.30. The van der Waals surface area contributed by atoms with Crippen molar-refractivity contribution in [2.24, 2.45) is 0 Å². The summed E-state index contributed by atoms with van der Waals surface area (Å²) >= 11 is 0. The fourth-order valence-electron chi connectivity index (χ4n) is 2.95. The van der Waals surface area contributed by atoms with E-state index in [0.717, 1.165) is 34.2 Å². The third-order valence-electron chi connectivity index (χ3n) is 4.09. The van der Waals surface area contributed by atoms with Gasteiger partial charge in [0.25, 0.3) is 6.47 Å². The minimum Gasteiger partial charge on any atom is -0.492 e. The Morgan fingerprint density at radius 1 is 1.23 bits per heavy atom. The molecule has 9 heteroatoms. The lowest BCUT2D eigenvalue weighted by atomic mass is 9.77. The fraction of sp³-hybridized carbons (Fsp3) is 0.118. The van der Waals surface area contributed by atoms with Crippen LogP contribution in [0, 0.1) is 0 Å². The van der Waals surface area contributed by atoms with Crippen molar-refractivity contribution >= 4 is 35.6 Å². The molecule has 0 fully saturated rings. The molecule has 1 aliphatic rings. The first-order chi connectivity index (χ1) is 12.5. The third kappa shape index (κ3) is 3.30. The Kier molecular flexibility index (Phi) is 5.01. The highest BCUT2D eigenvalue weighted by Crippen LogP contribution is 2.37. The van der Waals surface area contributed by atoms with Crippen molar-refractivity contribution in [3.63, 3.8) is 0 Å². The molecule has 26 heavy (non-hydrogen) atoms. The third-order valence-corrected chi connectivity index (χ3v) is 4.09. The molecule has 5 N–H and O–H groups in total. The number of benzene rings is 2. The van der Waals surface area contributed by atoms with Crippen molar-refractivity contribution in [1.29, 1.82) is 0 Å². The Labute approximate surface area is 149 Å². The lowest BCUT2D eigenvalue weighted by Gasteiger charge is -2.12. The number of rotatable bonds is 2. The number of aromatic nitrogens is 2. The zero-order valence-corrected chi connectivity index (χ0v) is 13.7. The first-order valence-electron chi connectivity index (χ1n) is 7.80. The van der Waals surface area contributed by atoms with Crippen LogP contribution in [0.5, 0.6) is 5.75 Å². The second-order valence-electron chi connectivity index (χ2n) is 5.67. The average molecular weight is 353 g/mol. The van der Waals surface area contributed by atoms with Crippen molar-refractivity contribution in [2.45, 2.75) is 6.42 Å². The van der Waals surface area contributed by atoms with Crippen LogP contribution in [-0.2, 0) is 11.2 Å². The predicted octanol–water partition coefficient (Wildman–Crippen LogP) is 0.194. The maximum atomic E-state index is 9.51. The molecule has 2 aromatic carbocycles. The van der Waals surface area contributed by atoms with E-state index in [4.69, 9.17) is 20.4 Å². The van der Waals surface area contributed by atoms with Crippen molar-refractivity contribution in [2.75, 3.05) is 12.3 Å². The lowest BCUT2D eigenvalue weighted by molar-refractivity contribution is -0.122. The molecule has 0 saturated carbocycles. The Balaban J connectivity index is 0.000000613. The number of ether oxygens (including phenoxy) is 1. The number of nitrogens with zero attached hydrogens (tertiary/aromatic N) is 2. The molecule has 0 aliphatic carbocycles. The summed E-state index contributed by atoms with van der Waals surface area (Å²) in [5, 5.41) is 34.7. The molecule has 0 spiro atoms. The van der Waals surface area contributed by atoms with Crippen LogP contribution in [0.25, 0.3) is 22.0 Å². The molecule has 3 aromatic rings. The molecular formula is C17H16BN3O5. The average Bonchev–Trinajstić information content (AvgIpc) is 3.10. The zero-order chi connectivity index (χ0) is 18.7. The summed E-state index contributed by atoms with van der Waals surface area (Å²) < 4.78 is 5.73. The Bertz CT molecular complexity index is 965. The van der Waals surface area contributed by atoms with E-state index in [-0.39, 0.29) is 6.47 Å². The van der Waals surface area contributed by atoms with E-state index in [1.54, 1.807) is 12.1 Å². The van der Waals surface area contributed by atoms with Gasteiger partial charge in [-0.3, -0.25) is 4.79 Å². The number of fused-ring (bicyclic) bond motifs is 2. The number of hydrogen-bond acceptors (Lipinski definition) is 7. The summed E-state index contributed by atoms with van der Waals surface area (Å²) in [5.74, 6) is 0.783. The molecule has 0 saturated heterocycles. The van der Waals surface area contributed by atoms with Gasteiger partial charge in [0, 0.05) is 17.4 Å². The second kappa shape index (κ2) is 7.38. The van der Waals surface area contributed by atoms with Crippen LogP contribution in [0.1, 0.15) is 5.56 Å². The molecule has 132 valence electrons. The quantitative estimate of drug-likeness (QED) is 0.378. The minimum atomic E-state index is -1.52. The first kappa shape index (κ1) is 17.7. The van der Waals surface area contributed by atoms with Crippen molar-refractivity contribution in [1.82, 2.24) is 10.2 Å². The van der Waals surface area contributed by atoms with Gasteiger partial charge >= 0.3 is 7.12 Å². The van der Waals surface area contributed by atoms with Crippen LogP contribution in [0.15, 0.2) is 36.5 Å². The molecule has 0 atom stereocenters. The van der Waals surface area contributed by atoms with Crippen LogP contribution in [0.4, 0.5) is 5.69 Å². The zero-order valence-electron chi connectivity index (χ0n) is 13.7. The molecule has 0 bridgehead atoms. The van der Waals surface area contributed by atoms with Gasteiger partial charge in [0.2, 0.25) is 0 Å². The highest BCUT2D eigenvalue weighted by Gasteiger charge is 2.23. The van der Waals surface area contributed by atoms with Gasteiger partial charge in [-0.05, 0) is 28.7 Å². The van der Waals surface area contributed by atoms with Gasteiger partial charge in [-0.2, -0.15) is 10.2 Å².